The standard InChI is InChI=1S/C18H25BrClN3O3/c1-11-8-13(19)14(20)9-15(11)21-16(24)23-7-6-22(10-12(23)2)17(25)26-18(3,4)5/h8-9,12H,6-7,10H2,1-5H3,(H,21,24). The first kappa shape index (κ1) is 20.8. The van der Waals surface area contributed by atoms with Gasteiger partial charge in [0, 0.05) is 35.8 Å². The molecule has 8 heteroatoms. The second-order valence-electron chi connectivity index (χ2n) is 7.48. The SMILES string of the molecule is Cc1cc(Br)c(Cl)cc1NC(=O)N1CCN(C(=O)OC(C)(C)C)CC1C. The van der Waals surface area contributed by atoms with Gasteiger partial charge in [0.25, 0.3) is 0 Å². The van der Waals surface area contributed by atoms with Gasteiger partial charge in [-0.1, -0.05) is 11.6 Å². The van der Waals surface area contributed by atoms with Gasteiger partial charge in [-0.25, -0.2) is 9.59 Å². The molecule has 1 heterocycles. The van der Waals surface area contributed by atoms with Gasteiger partial charge in [0.2, 0.25) is 0 Å². The van der Waals surface area contributed by atoms with Gasteiger partial charge in [0.15, 0.2) is 0 Å². The largest absolute Gasteiger partial charge is 0.444 e. The number of anilines is 1. The fraction of sp³-hybridized carbons (Fsp3) is 0.556. The lowest BCUT2D eigenvalue weighted by Gasteiger charge is -2.40. The number of piperazine rings is 1. The van der Waals surface area contributed by atoms with Gasteiger partial charge in [-0.2, -0.15) is 0 Å². The topological polar surface area (TPSA) is 61.9 Å². The maximum absolute atomic E-state index is 12.7. The monoisotopic (exact) mass is 445 g/mol. The molecule has 6 nitrogen and oxygen atoms in total. The highest BCUT2D eigenvalue weighted by Gasteiger charge is 2.32. The number of carbonyl (C=O) groups excluding carboxylic acids is 2. The molecule has 0 aromatic heterocycles. The molecule has 0 bridgehead atoms. The van der Waals surface area contributed by atoms with Crippen LogP contribution in [0.3, 0.4) is 0 Å². The van der Waals surface area contributed by atoms with Crippen LogP contribution in [-0.2, 0) is 4.74 Å². The molecule has 3 amide bonds. The maximum Gasteiger partial charge on any atom is 0.410 e. The van der Waals surface area contributed by atoms with Crippen molar-refractivity contribution in [3.63, 3.8) is 0 Å². The molecular formula is C18H25BrClN3O3. The third-order valence-corrected chi connectivity index (χ3v) is 5.25. The lowest BCUT2D eigenvalue weighted by molar-refractivity contribution is 0.0112. The normalized spacial score (nSPS) is 17.9. The average Bonchev–Trinajstić information content (AvgIpc) is 2.50. The van der Waals surface area contributed by atoms with Crippen LogP contribution in [-0.4, -0.2) is 53.2 Å². The molecule has 1 fully saturated rings. The van der Waals surface area contributed by atoms with E-state index in [1.54, 1.807) is 15.9 Å². The second kappa shape index (κ2) is 8.05. The predicted octanol–water partition coefficient (Wildman–Crippen LogP) is 4.88. The van der Waals surface area contributed by atoms with E-state index < -0.39 is 5.60 Å². The molecular weight excluding hydrogens is 422 g/mol. The number of benzene rings is 1. The van der Waals surface area contributed by atoms with Gasteiger partial charge in [-0.15, -0.1) is 0 Å². The van der Waals surface area contributed by atoms with Crippen molar-refractivity contribution in [3.8, 4) is 0 Å². The zero-order valence-corrected chi connectivity index (χ0v) is 18.1. The van der Waals surface area contributed by atoms with E-state index in [0.717, 1.165) is 10.0 Å². The van der Waals surface area contributed by atoms with Crippen LogP contribution in [0.4, 0.5) is 15.3 Å². The lowest BCUT2D eigenvalue weighted by Crippen LogP contribution is -2.57. The van der Waals surface area contributed by atoms with Crippen LogP contribution in [0, 0.1) is 6.92 Å². The van der Waals surface area contributed by atoms with E-state index in [1.807, 2.05) is 40.7 Å². The summed E-state index contributed by atoms with van der Waals surface area (Å²) in [6.45, 7) is 10.6. The Kier molecular flexibility index (Phi) is 6.45. The third-order valence-electron chi connectivity index (χ3n) is 4.05. The molecule has 0 spiro atoms. The number of amides is 3. The number of nitrogens with zero attached hydrogens (tertiary/aromatic N) is 2. The van der Waals surface area contributed by atoms with Crippen LogP contribution in [0.2, 0.25) is 5.02 Å². The fourth-order valence-corrected chi connectivity index (χ4v) is 3.34. The van der Waals surface area contributed by atoms with Crippen LogP contribution < -0.4 is 5.32 Å². The zero-order chi connectivity index (χ0) is 19.6. The number of hydrogen-bond donors (Lipinski definition) is 1. The Labute approximate surface area is 167 Å². The number of halogens is 2. The highest BCUT2D eigenvalue weighted by atomic mass is 79.9. The van der Waals surface area contributed by atoms with Crippen molar-refractivity contribution in [2.75, 3.05) is 25.0 Å². The van der Waals surface area contributed by atoms with Crippen molar-refractivity contribution in [3.05, 3.63) is 27.2 Å². The summed E-state index contributed by atoms with van der Waals surface area (Å²) in [6.07, 6.45) is -0.347. The smallest absolute Gasteiger partial charge is 0.410 e. The average molecular weight is 447 g/mol. The molecule has 1 aliphatic rings. The first-order chi connectivity index (χ1) is 12.0. The Bertz CT molecular complexity index is 706. The quantitative estimate of drug-likeness (QED) is 0.668. The first-order valence-electron chi connectivity index (χ1n) is 8.49. The van der Waals surface area contributed by atoms with E-state index in [2.05, 4.69) is 21.2 Å². The number of nitrogens with one attached hydrogen (secondary N) is 1. The van der Waals surface area contributed by atoms with Crippen LogP contribution in [0.1, 0.15) is 33.3 Å². The Hall–Kier alpha value is -1.47. The van der Waals surface area contributed by atoms with Crippen molar-refractivity contribution in [1.82, 2.24) is 9.80 Å². The fourth-order valence-electron chi connectivity index (χ4n) is 2.72. The molecule has 0 aliphatic carbocycles. The van der Waals surface area contributed by atoms with E-state index in [4.69, 9.17) is 16.3 Å². The molecule has 1 aromatic carbocycles. The summed E-state index contributed by atoms with van der Waals surface area (Å²) in [7, 11) is 0. The van der Waals surface area contributed by atoms with Gasteiger partial charge in [-0.3, -0.25) is 0 Å². The second-order valence-corrected chi connectivity index (χ2v) is 8.74. The minimum atomic E-state index is -0.535. The molecule has 1 N–H and O–H groups in total. The molecule has 0 radical (unpaired) electrons. The summed E-state index contributed by atoms with van der Waals surface area (Å²) in [4.78, 5) is 28.2. The first-order valence-corrected chi connectivity index (χ1v) is 9.66. The summed E-state index contributed by atoms with van der Waals surface area (Å²) in [5.41, 5.74) is 1.05. The number of urea groups is 1. The Morgan fingerprint density at radius 1 is 1.31 bits per heavy atom. The number of ether oxygens (including phenoxy) is 1. The molecule has 1 unspecified atom stereocenters. The molecule has 1 aromatic rings. The molecule has 0 saturated carbocycles. The summed E-state index contributed by atoms with van der Waals surface area (Å²) >= 11 is 9.49. The number of hydrogen-bond acceptors (Lipinski definition) is 3. The minimum absolute atomic E-state index is 0.123. The van der Waals surface area contributed by atoms with Gasteiger partial charge >= 0.3 is 12.1 Å². The molecule has 1 atom stereocenters. The molecule has 26 heavy (non-hydrogen) atoms. The van der Waals surface area contributed by atoms with E-state index in [-0.39, 0.29) is 18.2 Å². The van der Waals surface area contributed by atoms with Gasteiger partial charge in [-0.05, 0) is 68.2 Å². The third kappa shape index (κ3) is 5.27. The minimum Gasteiger partial charge on any atom is -0.444 e. The number of aryl methyl sites for hydroxylation is 1. The van der Waals surface area contributed by atoms with Crippen LogP contribution in [0.5, 0.6) is 0 Å². The van der Waals surface area contributed by atoms with Crippen molar-refractivity contribution in [1.29, 1.82) is 0 Å². The Morgan fingerprint density at radius 2 is 1.96 bits per heavy atom. The Balaban J connectivity index is 2.00. The maximum atomic E-state index is 12.7. The number of rotatable bonds is 1. The van der Waals surface area contributed by atoms with Crippen molar-refractivity contribution < 1.29 is 14.3 Å². The van der Waals surface area contributed by atoms with Crippen molar-refractivity contribution >= 4 is 45.3 Å². The lowest BCUT2D eigenvalue weighted by atomic mass is 10.2. The van der Waals surface area contributed by atoms with Gasteiger partial charge in [0.05, 0.1) is 5.02 Å². The van der Waals surface area contributed by atoms with E-state index in [0.29, 0.717) is 30.3 Å². The molecule has 1 aliphatic heterocycles. The number of carbonyl (C=O) groups is 2. The predicted molar refractivity (Wildman–Crippen MR) is 107 cm³/mol. The molecule has 1 saturated heterocycles. The van der Waals surface area contributed by atoms with Crippen molar-refractivity contribution in [2.24, 2.45) is 0 Å². The van der Waals surface area contributed by atoms with E-state index in [1.165, 1.54) is 0 Å². The Morgan fingerprint density at radius 3 is 2.54 bits per heavy atom. The van der Waals surface area contributed by atoms with Gasteiger partial charge < -0.3 is 19.9 Å². The molecule has 2 rings (SSSR count). The van der Waals surface area contributed by atoms with E-state index in [9.17, 15) is 9.59 Å². The van der Waals surface area contributed by atoms with Crippen LogP contribution in [0.15, 0.2) is 16.6 Å². The summed E-state index contributed by atoms with van der Waals surface area (Å²) in [6, 6.07) is 3.26. The van der Waals surface area contributed by atoms with Crippen molar-refractivity contribution in [2.45, 2.75) is 46.3 Å². The van der Waals surface area contributed by atoms with Crippen LogP contribution in [0.25, 0.3) is 0 Å². The van der Waals surface area contributed by atoms with Crippen LogP contribution >= 0.6 is 27.5 Å². The van der Waals surface area contributed by atoms with E-state index >= 15 is 0 Å². The highest BCUT2D eigenvalue weighted by Crippen LogP contribution is 2.29. The molecule has 144 valence electrons. The zero-order valence-electron chi connectivity index (χ0n) is 15.7. The van der Waals surface area contributed by atoms with Gasteiger partial charge in [0.1, 0.15) is 5.60 Å². The summed E-state index contributed by atoms with van der Waals surface area (Å²) in [5.74, 6) is 0. The summed E-state index contributed by atoms with van der Waals surface area (Å²) in [5, 5.41) is 3.44. The summed E-state index contributed by atoms with van der Waals surface area (Å²) < 4.78 is 6.19. The highest BCUT2D eigenvalue weighted by molar-refractivity contribution is 9.10.